The van der Waals surface area contributed by atoms with Gasteiger partial charge < -0.3 is 24.3 Å². The van der Waals surface area contributed by atoms with Gasteiger partial charge in [-0.1, -0.05) is 18.2 Å². The van der Waals surface area contributed by atoms with Crippen LogP contribution in [0.25, 0.3) is 10.9 Å². The second-order valence-electron chi connectivity index (χ2n) is 11.2. The summed E-state index contributed by atoms with van der Waals surface area (Å²) in [4.78, 5) is 31.1. The summed E-state index contributed by atoms with van der Waals surface area (Å²) in [5, 5.41) is 29.3. The maximum absolute atomic E-state index is 14.3. The summed E-state index contributed by atoms with van der Waals surface area (Å²) in [6.45, 7) is 2.95. The Kier molecular flexibility index (Phi) is 8.28. The molecule has 6 rings (SSSR count). The lowest BCUT2D eigenvalue weighted by molar-refractivity contribution is -0.0591. The molecule has 0 radical (unpaired) electrons. The highest BCUT2D eigenvalue weighted by Gasteiger charge is 2.30. The molecule has 2 N–H and O–H groups in total. The van der Waals surface area contributed by atoms with Crippen LogP contribution in [0, 0.1) is 17.1 Å². The van der Waals surface area contributed by atoms with Crippen molar-refractivity contribution in [2.75, 3.05) is 19.7 Å². The Morgan fingerprint density at radius 1 is 1.07 bits per heavy atom. The molecule has 44 heavy (non-hydrogen) atoms. The molecule has 0 bridgehead atoms. The third-order valence-corrected chi connectivity index (χ3v) is 8.49. The zero-order valence-electron chi connectivity index (χ0n) is 23.9. The number of hydrogen-bond acceptors (Lipinski definition) is 7. The predicted molar refractivity (Wildman–Crippen MR) is 157 cm³/mol. The van der Waals surface area contributed by atoms with Crippen LogP contribution in [0.1, 0.15) is 68.4 Å². The third-order valence-electron chi connectivity index (χ3n) is 8.49. The number of nitriles is 1. The summed E-state index contributed by atoms with van der Waals surface area (Å²) in [6, 6.07) is 16.3. The van der Waals surface area contributed by atoms with Crippen LogP contribution in [0.5, 0.6) is 5.88 Å². The fourth-order valence-electron chi connectivity index (χ4n) is 6.00. The van der Waals surface area contributed by atoms with Crippen molar-refractivity contribution in [3.63, 3.8) is 0 Å². The lowest BCUT2D eigenvalue weighted by Gasteiger charge is -2.33. The maximum Gasteiger partial charge on any atom is 0.338 e. The quantitative estimate of drug-likeness (QED) is 0.253. The van der Waals surface area contributed by atoms with Gasteiger partial charge in [0.2, 0.25) is 5.88 Å². The molecule has 0 spiro atoms. The molecule has 2 aliphatic rings. The van der Waals surface area contributed by atoms with E-state index in [-0.39, 0.29) is 35.3 Å². The number of fused-ring (bicyclic) bond motifs is 1. The van der Waals surface area contributed by atoms with Gasteiger partial charge in [0.15, 0.2) is 0 Å². The lowest BCUT2D eigenvalue weighted by Crippen LogP contribution is -2.35. The molecular formula is C33H31FN4O6. The standard InChI is InChI=1S/C33H31FN4O6/c34-26-14-20(16-35)4-5-23(26)19-44-30-3-1-2-27(36-30)21-8-11-37(12-9-21)18-29-31(33(41)42)25-7-6-22(32(39)40)15-28(25)38(29)17-24-10-13-43-24/h1-7,14-15,21,24H,8-13,17-19H2,(H,39,40)(H,41,42)/t24-/m0/s1. The predicted octanol–water partition coefficient (Wildman–Crippen LogP) is 5.19. The highest BCUT2D eigenvalue weighted by atomic mass is 19.1. The Labute approximate surface area is 252 Å². The van der Waals surface area contributed by atoms with Gasteiger partial charge in [-0.3, -0.25) is 4.90 Å². The summed E-state index contributed by atoms with van der Waals surface area (Å²) >= 11 is 0. The molecule has 2 aromatic carbocycles. The Bertz CT molecular complexity index is 1770. The topological polar surface area (TPSA) is 138 Å². The van der Waals surface area contributed by atoms with Crippen LogP contribution in [0.4, 0.5) is 4.39 Å². The van der Waals surface area contributed by atoms with E-state index in [9.17, 15) is 24.2 Å². The van der Waals surface area contributed by atoms with Gasteiger partial charge in [-0.2, -0.15) is 5.26 Å². The van der Waals surface area contributed by atoms with Gasteiger partial charge in [0.25, 0.3) is 0 Å². The number of nitrogens with zero attached hydrogens (tertiary/aromatic N) is 4. The Morgan fingerprint density at radius 2 is 1.86 bits per heavy atom. The number of carbonyl (C=O) groups is 2. The van der Waals surface area contributed by atoms with Gasteiger partial charge in [-0.25, -0.2) is 19.0 Å². The fraction of sp³-hybridized carbons (Fsp3) is 0.333. The van der Waals surface area contributed by atoms with Crippen LogP contribution in [0.3, 0.4) is 0 Å². The summed E-state index contributed by atoms with van der Waals surface area (Å²) in [5.74, 6) is -2.04. The number of halogens is 1. The van der Waals surface area contributed by atoms with Gasteiger partial charge in [0.05, 0.1) is 34.4 Å². The fourth-order valence-corrected chi connectivity index (χ4v) is 6.00. The summed E-state index contributed by atoms with van der Waals surface area (Å²) in [7, 11) is 0. The summed E-state index contributed by atoms with van der Waals surface area (Å²) in [5.41, 5.74) is 3.01. The van der Waals surface area contributed by atoms with Crippen LogP contribution >= 0.6 is 0 Å². The number of carboxylic acid groups (broad SMARTS) is 2. The first-order valence-corrected chi connectivity index (χ1v) is 14.5. The van der Waals surface area contributed by atoms with Crippen LogP contribution in [0.15, 0.2) is 54.6 Å². The third kappa shape index (κ3) is 6.00. The molecule has 0 unspecified atom stereocenters. The zero-order chi connectivity index (χ0) is 30.8. The minimum Gasteiger partial charge on any atom is -0.478 e. The Hall–Kier alpha value is -4.79. The van der Waals surface area contributed by atoms with E-state index in [1.54, 1.807) is 24.3 Å². The van der Waals surface area contributed by atoms with Crippen molar-refractivity contribution >= 4 is 22.8 Å². The minimum absolute atomic E-state index is 0.00773. The monoisotopic (exact) mass is 598 g/mol. The number of pyridine rings is 1. The molecule has 1 atom stereocenters. The lowest BCUT2D eigenvalue weighted by atomic mass is 9.93. The van der Waals surface area contributed by atoms with E-state index in [1.165, 1.54) is 18.2 Å². The number of ether oxygens (including phenoxy) is 2. The molecule has 2 aliphatic heterocycles. The molecule has 2 saturated heterocycles. The molecule has 2 aromatic heterocycles. The first kappa shape index (κ1) is 29.3. The summed E-state index contributed by atoms with van der Waals surface area (Å²) < 4.78 is 27.6. The van der Waals surface area contributed by atoms with Gasteiger partial charge in [-0.05, 0) is 62.7 Å². The Morgan fingerprint density at radius 3 is 2.52 bits per heavy atom. The molecule has 10 nitrogen and oxygen atoms in total. The number of hydrogen-bond donors (Lipinski definition) is 2. The number of rotatable bonds is 10. The van der Waals surface area contributed by atoms with E-state index >= 15 is 0 Å². The SMILES string of the molecule is N#Cc1ccc(COc2cccc(C3CCN(Cc4c(C(=O)O)c5ccc(C(=O)O)cc5n4C[C@@H]4CCO4)CC3)n2)c(F)c1. The first-order chi connectivity index (χ1) is 21.3. The molecule has 4 aromatic rings. The molecule has 0 amide bonds. The zero-order valence-corrected chi connectivity index (χ0v) is 23.9. The van der Waals surface area contributed by atoms with Crippen molar-refractivity contribution in [3.05, 3.63) is 94.1 Å². The normalized spacial score (nSPS) is 17.2. The number of benzene rings is 2. The molecule has 0 aliphatic carbocycles. The van der Waals surface area contributed by atoms with E-state index in [2.05, 4.69) is 9.88 Å². The second-order valence-corrected chi connectivity index (χ2v) is 11.2. The molecule has 226 valence electrons. The van der Waals surface area contributed by atoms with Crippen LogP contribution in [0.2, 0.25) is 0 Å². The van der Waals surface area contributed by atoms with Crippen molar-refractivity contribution in [2.24, 2.45) is 0 Å². The number of carboxylic acids is 2. The minimum atomic E-state index is -1.07. The number of piperidine rings is 1. The average molecular weight is 599 g/mol. The van der Waals surface area contributed by atoms with Crippen molar-refractivity contribution in [1.29, 1.82) is 5.26 Å². The maximum atomic E-state index is 14.3. The Balaban J connectivity index is 1.16. The van der Waals surface area contributed by atoms with Crippen molar-refractivity contribution < 1.29 is 33.7 Å². The van der Waals surface area contributed by atoms with Gasteiger partial charge >= 0.3 is 11.9 Å². The average Bonchev–Trinajstić information content (AvgIpc) is 3.30. The van der Waals surface area contributed by atoms with E-state index in [4.69, 9.17) is 14.7 Å². The molecule has 0 saturated carbocycles. The second kappa shape index (κ2) is 12.4. The van der Waals surface area contributed by atoms with Gasteiger partial charge in [-0.15, -0.1) is 0 Å². The molecule has 11 heteroatoms. The molecule has 2 fully saturated rings. The number of likely N-dealkylation sites (tertiary alicyclic amines) is 1. The van der Waals surface area contributed by atoms with Gasteiger partial charge in [0.1, 0.15) is 12.4 Å². The van der Waals surface area contributed by atoms with E-state index in [0.29, 0.717) is 47.7 Å². The first-order valence-electron chi connectivity index (χ1n) is 14.5. The van der Waals surface area contributed by atoms with Crippen LogP contribution in [-0.2, 0) is 24.4 Å². The highest BCUT2D eigenvalue weighted by molar-refractivity contribution is 6.06. The van der Waals surface area contributed by atoms with Gasteiger partial charge in [0, 0.05) is 54.0 Å². The van der Waals surface area contributed by atoms with Crippen LogP contribution in [-0.4, -0.2) is 62.4 Å². The smallest absolute Gasteiger partial charge is 0.338 e. The number of aromatic nitrogens is 2. The van der Waals surface area contributed by atoms with E-state index < -0.39 is 17.8 Å². The van der Waals surface area contributed by atoms with Crippen molar-refractivity contribution in [1.82, 2.24) is 14.5 Å². The van der Waals surface area contributed by atoms with Crippen LogP contribution < -0.4 is 4.74 Å². The number of aromatic carboxylic acids is 2. The summed E-state index contributed by atoms with van der Waals surface area (Å²) in [6.07, 6.45) is 2.43. The van der Waals surface area contributed by atoms with E-state index in [1.807, 2.05) is 22.8 Å². The van der Waals surface area contributed by atoms with Crippen molar-refractivity contribution in [2.45, 2.75) is 51.0 Å². The molecule has 4 heterocycles. The highest BCUT2D eigenvalue weighted by Crippen LogP contribution is 2.33. The van der Waals surface area contributed by atoms with E-state index in [0.717, 1.165) is 38.0 Å². The molecular weight excluding hydrogens is 567 g/mol. The largest absolute Gasteiger partial charge is 0.478 e. The van der Waals surface area contributed by atoms with Crippen molar-refractivity contribution in [3.8, 4) is 11.9 Å².